The normalized spacial score (nSPS) is 13.5. The van der Waals surface area contributed by atoms with Gasteiger partial charge in [-0.05, 0) is 73.1 Å². The number of para-hydroxylation sites is 1. The molecule has 1 aliphatic carbocycles. The number of methoxy groups -OCH3 is 1. The summed E-state index contributed by atoms with van der Waals surface area (Å²) in [5.41, 5.74) is 4.43. The minimum absolute atomic E-state index is 0.0863. The van der Waals surface area contributed by atoms with E-state index < -0.39 is 0 Å². The maximum Gasteiger partial charge on any atom is 0.220 e. The van der Waals surface area contributed by atoms with Gasteiger partial charge in [-0.15, -0.1) is 0 Å². The summed E-state index contributed by atoms with van der Waals surface area (Å²) in [6.07, 6.45) is 4.64. The first kappa shape index (κ1) is 20.5. The number of H-pyrrole nitrogens is 1. The summed E-state index contributed by atoms with van der Waals surface area (Å²) in [7, 11) is 1.67. The first-order valence-electron chi connectivity index (χ1n) is 10.8. The summed E-state index contributed by atoms with van der Waals surface area (Å²) in [5, 5.41) is 4.20. The first-order chi connectivity index (χ1) is 14.7. The second kappa shape index (κ2) is 9.81. The third kappa shape index (κ3) is 5.22. The van der Waals surface area contributed by atoms with E-state index in [2.05, 4.69) is 34.6 Å². The van der Waals surface area contributed by atoms with Crippen LogP contribution in [0.15, 0.2) is 48.5 Å². The quantitative estimate of drug-likeness (QED) is 0.453. The number of hydrogen-bond acceptors (Lipinski definition) is 3. The molecule has 4 rings (SSSR count). The number of amides is 1. The Bertz CT molecular complexity index is 974. The number of hydrogen-bond donors (Lipinski definition) is 2. The lowest BCUT2D eigenvalue weighted by atomic mass is 10.0. The molecule has 0 atom stereocenters. The average Bonchev–Trinajstić information content (AvgIpc) is 3.53. The zero-order valence-electron chi connectivity index (χ0n) is 17.6. The number of benzene rings is 2. The molecule has 0 spiro atoms. The van der Waals surface area contributed by atoms with Gasteiger partial charge in [-0.2, -0.15) is 0 Å². The fraction of sp³-hybridized carbons (Fsp3) is 0.400. The summed E-state index contributed by atoms with van der Waals surface area (Å²) in [6, 6.07) is 16.3. The summed E-state index contributed by atoms with van der Waals surface area (Å²) < 4.78 is 10.9. The lowest BCUT2D eigenvalue weighted by molar-refractivity contribution is -0.121. The van der Waals surface area contributed by atoms with Gasteiger partial charge in [0.25, 0.3) is 0 Å². The highest BCUT2D eigenvalue weighted by Crippen LogP contribution is 2.32. The van der Waals surface area contributed by atoms with Gasteiger partial charge in [0.1, 0.15) is 5.75 Å². The van der Waals surface area contributed by atoms with Crippen LogP contribution in [0.4, 0.5) is 0 Å². The van der Waals surface area contributed by atoms with Crippen LogP contribution in [0, 0.1) is 5.92 Å². The highest BCUT2D eigenvalue weighted by molar-refractivity contribution is 5.91. The van der Waals surface area contributed by atoms with Crippen molar-refractivity contribution in [2.45, 2.75) is 32.1 Å². The zero-order valence-corrected chi connectivity index (χ0v) is 17.6. The molecule has 30 heavy (non-hydrogen) atoms. The van der Waals surface area contributed by atoms with Gasteiger partial charge in [0.05, 0.1) is 7.11 Å². The van der Waals surface area contributed by atoms with Crippen LogP contribution in [-0.2, 0) is 16.0 Å². The number of aryl methyl sites for hydroxylation is 1. The number of fused-ring (bicyclic) bond motifs is 1. The van der Waals surface area contributed by atoms with Crippen molar-refractivity contribution in [2.75, 3.05) is 26.9 Å². The zero-order chi connectivity index (χ0) is 20.8. The minimum Gasteiger partial charge on any atom is -0.497 e. The molecule has 1 fully saturated rings. The Morgan fingerprint density at radius 1 is 1.13 bits per heavy atom. The summed E-state index contributed by atoms with van der Waals surface area (Å²) in [5.74, 6) is 1.70. The SMILES string of the molecule is COc1ccc(-c2[nH]c3ccccc3c2CCC(=O)NCCCOCC2CC2)cc1. The number of aromatic amines is 1. The van der Waals surface area contributed by atoms with E-state index in [4.69, 9.17) is 9.47 Å². The Labute approximate surface area is 177 Å². The molecule has 1 heterocycles. The molecule has 2 N–H and O–H groups in total. The molecular formula is C25H30N2O3. The van der Waals surface area contributed by atoms with Crippen molar-refractivity contribution in [1.82, 2.24) is 10.3 Å². The van der Waals surface area contributed by atoms with E-state index in [0.29, 0.717) is 19.4 Å². The molecule has 3 aromatic rings. The van der Waals surface area contributed by atoms with Crippen molar-refractivity contribution in [3.05, 3.63) is 54.1 Å². The van der Waals surface area contributed by atoms with E-state index in [9.17, 15) is 4.79 Å². The van der Waals surface area contributed by atoms with Crippen LogP contribution >= 0.6 is 0 Å². The molecular weight excluding hydrogens is 376 g/mol. The van der Waals surface area contributed by atoms with Crippen molar-refractivity contribution in [2.24, 2.45) is 5.92 Å². The maximum absolute atomic E-state index is 12.4. The lowest BCUT2D eigenvalue weighted by Gasteiger charge is -2.08. The van der Waals surface area contributed by atoms with Crippen molar-refractivity contribution >= 4 is 16.8 Å². The topological polar surface area (TPSA) is 63.4 Å². The molecule has 0 aliphatic heterocycles. The van der Waals surface area contributed by atoms with Crippen LogP contribution in [0.25, 0.3) is 22.2 Å². The first-order valence-corrected chi connectivity index (χ1v) is 10.8. The molecule has 2 aromatic carbocycles. The Balaban J connectivity index is 1.36. The third-order valence-electron chi connectivity index (χ3n) is 5.63. The number of aromatic nitrogens is 1. The van der Waals surface area contributed by atoms with Crippen LogP contribution in [0.3, 0.4) is 0 Å². The Morgan fingerprint density at radius 2 is 1.93 bits per heavy atom. The molecule has 0 radical (unpaired) electrons. The molecule has 1 saturated carbocycles. The summed E-state index contributed by atoms with van der Waals surface area (Å²) in [6.45, 7) is 2.27. The molecule has 5 nitrogen and oxygen atoms in total. The van der Waals surface area contributed by atoms with Crippen LogP contribution in [-0.4, -0.2) is 37.8 Å². The van der Waals surface area contributed by atoms with Gasteiger partial charge in [0.15, 0.2) is 0 Å². The van der Waals surface area contributed by atoms with Crippen LogP contribution in [0.5, 0.6) is 5.75 Å². The number of rotatable bonds is 11. The van der Waals surface area contributed by atoms with E-state index in [1.807, 2.05) is 24.3 Å². The van der Waals surface area contributed by atoms with Gasteiger partial charge < -0.3 is 19.8 Å². The molecule has 5 heteroatoms. The number of ether oxygens (including phenoxy) is 2. The Morgan fingerprint density at radius 3 is 2.70 bits per heavy atom. The minimum atomic E-state index is 0.0863. The standard InChI is InChI=1S/C25H30N2O3/c1-29-20-11-9-19(10-12-20)25-22(21-5-2-3-6-23(21)27-25)13-14-24(28)26-15-4-16-30-17-18-7-8-18/h2-3,5-6,9-12,18,27H,4,7-8,13-17H2,1H3,(H,26,28). The molecule has 0 saturated heterocycles. The monoisotopic (exact) mass is 406 g/mol. The molecule has 158 valence electrons. The summed E-state index contributed by atoms with van der Waals surface area (Å²) in [4.78, 5) is 15.9. The van der Waals surface area contributed by atoms with Crippen molar-refractivity contribution in [1.29, 1.82) is 0 Å². The van der Waals surface area contributed by atoms with Gasteiger partial charge in [-0.1, -0.05) is 18.2 Å². The van der Waals surface area contributed by atoms with Gasteiger partial charge in [0.2, 0.25) is 5.91 Å². The molecule has 1 amide bonds. The van der Waals surface area contributed by atoms with E-state index >= 15 is 0 Å². The molecule has 0 bridgehead atoms. The van der Waals surface area contributed by atoms with E-state index in [0.717, 1.165) is 48.1 Å². The van der Waals surface area contributed by atoms with Crippen molar-refractivity contribution in [3.63, 3.8) is 0 Å². The molecule has 1 aromatic heterocycles. The summed E-state index contributed by atoms with van der Waals surface area (Å²) >= 11 is 0. The Hall–Kier alpha value is -2.79. The number of carbonyl (C=O) groups is 1. The second-order valence-electron chi connectivity index (χ2n) is 7.97. The highest BCUT2D eigenvalue weighted by Gasteiger charge is 2.20. The fourth-order valence-electron chi connectivity index (χ4n) is 3.73. The van der Waals surface area contributed by atoms with E-state index in [-0.39, 0.29) is 5.91 Å². The van der Waals surface area contributed by atoms with Gasteiger partial charge in [-0.3, -0.25) is 4.79 Å². The second-order valence-corrected chi connectivity index (χ2v) is 7.97. The Kier molecular flexibility index (Phi) is 6.70. The predicted octanol–water partition coefficient (Wildman–Crippen LogP) is 4.71. The third-order valence-corrected chi connectivity index (χ3v) is 5.63. The highest BCUT2D eigenvalue weighted by atomic mass is 16.5. The van der Waals surface area contributed by atoms with Crippen LogP contribution in [0.2, 0.25) is 0 Å². The van der Waals surface area contributed by atoms with Gasteiger partial charge in [0, 0.05) is 42.8 Å². The van der Waals surface area contributed by atoms with Gasteiger partial charge >= 0.3 is 0 Å². The maximum atomic E-state index is 12.4. The van der Waals surface area contributed by atoms with Crippen molar-refractivity contribution < 1.29 is 14.3 Å². The fourth-order valence-corrected chi connectivity index (χ4v) is 3.73. The van der Waals surface area contributed by atoms with Crippen LogP contribution in [0.1, 0.15) is 31.2 Å². The smallest absolute Gasteiger partial charge is 0.220 e. The molecule has 0 unspecified atom stereocenters. The van der Waals surface area contributed by atoms with E-state index in [1.54, 1.807) is 7.11 Å². The lowest BCUT2D eigenvalue weighted by Crippen LogP contribution is -2.25. The van der Waals surface area contributed by atoms with Crippen LogP contribution < -0.4 is 10.1 Å². The van der Waals surface area contributed by atoms with Gasteiger partial charge in [-0.25, -0.2) is 0 Å². The molecule has 1 aliphatic rings. The van der Waals surface area contributed by atoms with E-state index in [1.165, 1.54) is 23.8 Å². The average molecular weight is 407 g/mol. The number of carbonyl (C=O) groups excluding carboxylic acids is 1. The van der Waals surface area contributed by atoms with Crippen molar-refractivity contribution in [3.8, 4) is 17.0 Å². The largest absolute Gasteiger partial charge is 0.497 e. The predicted molar refractivity (Wildman–Crippen MR) is 120 cm³/mol. The number of nitrogens with one attached hydrogen (secondary N) is 2.